The van der Waals surface area contributed by atoms with Crippen molar-refractivity contribution in [1.29, 1.82) is 0 Å². The van der Waals surface area contributed by atoms with Gasteiger partial charge in [-0.15, -0.1) is 0 Å². The van der Waals surface area contributed by atoms with Crippen LogP contribution < -0.4 is 0 Å². The number of nitrogens with zero attached hydrogens (tertiary/aromatic N) is 3. The van der Waals surface area contributed by atoms with Crippen LogP contribution in [0.4, 0.5) is 0 Å². The molecule has 0 aromatic carbocycles. The molecule has 1 saturated carbocycles. The van der Waals surface area contributed by atoms with E-state index < -0.39 is 5.60 Å². The van der Waals surface area contributed by atoms with Crippen LogP contribution in [-0.2, 0) is 6.42 Å². The van der Waals surface area contributed by atoms with Gasteiger partial charge in [0.15, 0.2) is 0 Å². The van der Waals surface area contributed by atoms with E-state index in [1.54, 1.807) is 6.33 Å². The highest BCUT2D eigenvalue weighted by Crippen LogP contribution is 2.44. The Morgan fingerprint density at radius 2 is 2.00 bits per heavy atom. The molecule has 0 spiro atoms. The lowest BCUT2D eigenvalue weighted by Gasteiger charge is -2.42. The lowest BCUT2D eigenvalue weighted by atomic mass is 9.66. The van der Waals surface area contributed by atoms with Crippen molar-refractivity contribution >= 4 is 0 Å². The number of rotatable bonds is 5. The zero-order valence-corrected chi connectivity index (χ0v) is 14.3. The molecule has 0 aliphatic heterocycles. The van der Waals surface area contributed by atoms with Crippen molar-refractivity contribution < 1.29 is 5.11 Å². The molecule has 0 radical (unpaired) electrons. The lowest BCUT2D eigenvalue weighted by Crippen LogP contribution is -2.40. The van der Waals surface area contributed by atoms with Crippen molar-refractivity contribution in [2.45, 2.75) is 84.8 Å². The standard InChI is InChI=1S/C17H31N3O/c1-6-16(4,5)14-7-9-17(21,10-8-14)11-15-18-12-19-20(15)13(2)3/h12-14,21H,6-11H2,1-5H3. The smallest absolute Gasteiger partial charge is 0.138 e. The molecule has 120 valence electrons. The van der Waals surface area contributed by atoms with Crippen molar-refractivity contribution in [2.24, 2.45) is 11.3 Å². The van der Waals surface area contributed by atoms with E-state index in [4.69, 9.17) is 0 Å². The molecule has 1 aliphatic carbocycles. The topological polar surface area (TPSA) is 50.9 Å². The first-order chi connectivity index (χ1) is 9.77. The summed E-state index contributed by atoms with van der Waals surface area (Å²) in [5.41, 5.74) is -0.209. The molecule has 1 N–H and O–H groups in total. The summed E-state index contributed by atoms with van der Waals surface area (Å²) in [6, 6.07) is 0.293. The zero-order chi connectivity index (χ0) is 15.7. The van der Waals surface area contributed by atoms with Gasteiger partial charge in [-0.05, 0) is 50.9 Å². The lowest BCUT2D eigenvalue weighted by molar-refractivity contribution is -0.0297. The van der Waals surface area contributed by atoms with Crippen molar-refractivity contribution in [3.63, 3.8) is 0 Å². The van der Waals surface area contributed by atoms with Gasteiger partial charge >= 0.3 is 0 Å². The van der Waals surface area contributed by atoms with E-state index in [9.17, 15) is 5.11 Å². The molecule has 0 saturated heterocycles. The molecule has 1 aliphatic rings. The summed E-state index contributed by atoms with van der Waals surface area (Å²) in [6.45, 7) is 11.2. The second-order valence-electron chi connectivity index (χ2n) is 7.73. The van der Waals surface area contributed by atoms with Gasteiger partial charge in [0, 0.05) is 12.5 Å². The van der Waals surface area contributed by atoms with Gasteiger partial charge in [0.25, 0.3) is 0 Å². The zero-order valence-electron chi connectivity index (χ0n) is 14.3. The maximum Gasteiger partial charge on any atom is 0.138 e. The van der Waals surface area contributed by atoms with Gasteiger partial charge in [-0.25, -0.2) is 9.67 Å². The molecule has 1 fully saturated rings. The Hall–Kier alpha value is -0.900. The van der Waals surface area contributed by atoms with Gasteiger partial charge in [-0.3, -0.25) is 0 Å². The van der Waals surface area contributed by atoms with Crippen molar-refractivity contribution in [1.82, 2.24) is 14.8 Å². The van der Waals surface area contributed by atoms with E-state index in [2.05, 4.69) is 44.7 Å². The SMILES string of the molecule is CCC(C)(C)C1CCC(O)(Cc2ncnn2C(C)C)CC1. The Balaban J connectivity index is 2.01. The normalized spacial score (nSPS) is 27.3. The molecule has 1 heterocycles. The van der Waals surface area contributed by atoms with Crippen molar-refractivity contribution in [2.75, 3.05) is 0 Å². The van der Waals surface area contributed by atoms with Crippen LogP contribution in [-0.4, -0.2) is 25.5 Å². The predicted octanol–water partition coefficient (Wildman–Crippen LogP) is 3.76. The largest absolute Gasteiger partial charge is 0.389 e. The van der Waals surface area contributed by atoms with Gasteiger partial charge in [0.05, 0.1) is 5.60 Å². The first-order valence-corrected chi connectivity index (χ1v) is 8.38. The maximum absolute atomic E-state index is 10.9. The van der Waals surface area contributed by atoms with Crippen LogP contribution in [0.3, 0.4) is 0 Å². The van der Waals surface area contributed by atoms with Crippen molar-refractivity contribution in [3.8, 4) is 0 Å². The molecule has 4 heteroatoms. The Morgan fingerprint density at radius 1 is 1.38 bits per heavy atom. The second-order valence-corrected chi connectivity index (χ2v) is 7.73. The highest BCUT2D eigenvalue weighted by atomic mass is 16.3. The third-order valence-corrected chi connectivity index (χ3v) is 5.56. The number of hydrogen-bond acceptors (Lipinski definition) is 3. The van der Waals surface area contributed by atoms with E-state index in [-0.39, 0.29) is 0 Å². The van der Waals surface area contributed by atoms with Crippen LogP contribution in [0.25, 0.3) is 0 Å². The van der Waals surface area contributed by atoms with Crippen LogP contribution in [0.2, 0.25) is 0 Å². The van der Waals surface area contributed by atoms with Gasteiger partial charge < -0.3 is 5.11 Å². The molecule has 1 aromatic rings. The summed E-state index contributed by atoms with van der Waals surface area (Å²) in [5.74, 6) is 1.64. The van der Waals surface area contributed by atoms with Crippen LogP contribution in [0.15, 0.2) is 6.33 Å². The Bertz CT molecular complexity index is 456. The number of aliphatic hydroxyl groups is 1. The summed E-state index contributed by atoms with van der Waals surface area (Å²) in [6.07, 6.45) is 7.44. The van der Waals surface area contributed by atoms with E-state index in [1.807, 2.05) is 4.68 Å². The third-order valence-electron chi connectivity index (χ3n) is 5.56. The minimum atomic E-state index is -0.597. The molecule has 0 atom stereocenters. The summed E-state index contributed by atoms with van der Waals surface area (Å²) >= 11 is 0. The molecule has 21 heavy (non-hydrogen) atoms. The third kappa shape index (κ3) is 3.65. The summed E-state index contributed by atoms with van der Waals surface area (Å²) in [4.78, 5) is 4.35. The first-order valence-electron chi connectivity index (χ1n) is 8.38. The Kier molecular flexibility index (Phi) is 4.76. The molecular formula is C17H31N3O. The predicted molar refractivity (Wildman–Crippen MR) is 85.1 cm³/mol. The number of hydrogen-bond donors (Lipinski definition) is 1. The van der Waals surface area contributed by atoms with Gasteiger partial charge in [-0.2, -0.15) is 5.10 Å². The quantitative estimate of drug-likeness (QED) is 0.899. The van der Waals surface area contributed by atoms with Gasteiger partial charge in [0.2, 0.25) is 0 Å². The first kappa shape index (κ1) is 16.5. The molecule has 0 bridgehead atoms. The maximum atomic E-state index is 10.9. The van der Waals surface area contributed by atoms with Crippen LogP contribution in [0, 0.1) is 11.3 Å². The van der Waals surface area contributed by atoms with E-state index in [1.165, 1.54) is 6.42 Å². The molecule has 0 unspecified atom stereocenters. The van der Waals surface area contributed by atoms with E-state index >= 15 is 0 Å². The minimum Gasteiger partial charge on any atom is -0.389 e. The fourth-order valence-electron chi connectivity index (χ4n) is 3.53. The van der Waals surface area contributed by atoms with Crippen molar-refractivity contribution in [3.05, 3.63) is 12.2 Å². The summed E-state index contributed by atoms with van der Waals surface area (Å²) in [5, 5.41) is 15.2. The van der Waals surface area contributed by atoms with E-state index in [0.717, 1.165) is 37.4 Å². The van der Waals surface area contributed by atoms with E-state index in [0.29, 0.717) is 17.9 Å². The number of aromatic nitrogens is 3. The molecule has 0 amide bonds. The summed E-state index contributed by atoms with van der Waals surface area (Å²) < 4.78 is 1.93. The van der Waals surface area contributed by atoms with Gasteiger partial charge in [-0.1, -0.05) is 27.2 Å². The van der Waals surface area contributed by atoms with Gasteiger partial charge in [0.1, 0.15) is 12.2 Å². The Morgan fingerprint density at radius 3 is 2.52 bits per heavy atom. The fraction of sp³-hybridized carbons (Fsp3) is 0.882. The molecule has 4 nitrogen and oxygen atoms in total. The molecule has 1 aromatic heterocycles. The summed E-state index contributed by atoms with van der Waals surface area (Å²) in [7, 11) is 0. The second kappa shape index (κ2) is 6.07. The van der Waals surface area contributed by atoms with Crippen LogP contribution in [0.1, 0.15) is 78.6 Å². The average molecular weight is 293 g/mol. The van der Waals surface area contributed by atoms with Crippen LogP contribution in [0.5, 0.6) is 0 Å². The Labute approximate surface area is 129 Å². The molecule has 2 rings (SSSR count). The van der Waals surface area contributed by atoms with Crippen LogP contribution >= 0.6 is 0 Å². The average Bonchev–Trinajstić information content (AvgIpc) is 2.87. The monoisotopic (exact) mass is 293 g/mol. The molecular weight excluding hydrogens is 262 g/mol. The highest BCUT2D eigenvalue weighted by molar-refractivity contribution is 4.99. The fourth-order valence-corrected chi connectivity index (χ4v) is 3.53. The highest BCUT2D eigenvalue weighted by Gasteiger charge is 2.39. The minimum absolute atomic E-state index is 0.293.